The van der Waals surface area contributed by atoms with Crippen LogP contribution in [-0.4, -0.2) is 25.5 Å². The molecule has 0 amide bonds. The summed E-state index contributed by atoms with van der Waals surface area (Å²) in [6, 6.07) is 2.42. The van der Waals surface area contributed by atoms with Gasteiger partial charge in [0.2, 0.25) is 0 Å². The van der Waals surface area contributed by atoms with Crippen LogP contribution in [0.1, 0.15) is 22.8 Å². The fourth-order valence-corrected chi connectivity index (χ4v) is 1.27. The normalized spacial score (nSPS) is 10.9. The Kier molecular flexibility index (Phi) is 4.91. The minimum atomic E-state index is -4.55. The second kappa shape index (κ2) is 6.21. The quantitative estimate of drug-likeness (QED) is 0.612. The summed E-state index contributed by atoms with van der Waals surface area (Å²) in [6.07, 6.45) is -4.20. The number of hydrogen-bond donors (Lipinski definition) is 0. The molecule has 0 N–H and O–H groups in total. The third-order valence-electron chi connectivity index (χ3n) is 2.12. The predicted molar refractivity (Wildman–Crippen MR) is 59.0 cm³/mol. The first-order valence-corrected chi connectivity index (χ1v) is 5.33. The molecule has 4 nitrogen and oxygen atoms in total. The molecule has 0 saturated carbocycles. The fraction of sp³-hybridized carbons (Fsp3) is 0.333. The first-order chi connectivity index (χ1) is 8.88. The summed E-state index contributed by atoms with van der Waals surface area (Å²) in [4.78, 5) is 21.7. The maximum absolute atomic E-state index is 12.5. The molecule has 19 heavy (non-hydrogen) atoms. The summed E-state index contributed by atoms with van der Waals surface area (Å²) in [5.41, 5.74) is -1.03. The number of rotatable bonds is 5. The topological polar surface area (TPSA) is 52.6 Å². The van der Waals surface area contributed by atoms with Crippen molar-refractivity contribution in [3.8, 4) is 5.75 Å². The lowest BCUT2D eigenvalue weighted by molar-refractivity contribution is -0.145. The SMILES string of the molecule is CCOC(=O)COc1cc(C(F)(F)F)ccc1C=O. The summed E-state index contributed by atoms with van der Waals surface area (Å²) in [6.45, 7) is 1.15. The molecule has 0 unspecified atom stereocenters. The van der Waals surface area contributed by atoms with E-state index in [0.29, 0.717) is 12.4 Å². The van der Waals surface area contributed by atoms with Crippen LogP contribution < -0.4 is 4.74 Å². The molecule has 0 atom stereocenters. The number of halogens is 3. The maximum Gasteiger partial charge on any atom is 0.416 e. The molecular weight excluding hydrogens is 265 g/mol. The van der Waals surface area contributed by atoms with E-state index in [1.54, 1.807) is 6.92 Å². The van der Waals surface area contributed by atoms with Crippen LogP contribution in [0, 0.1) is 0 Å². The average molecular weight is 276 g/mol. The van der Waals surface area contributed by atoms with E-state index in [9.17, 15) is 22.8 Å². The van der Waals surface area contributed by atoms with E-state index in [-0.39, 0.29) is 17.9 Å². The molecule has 0 radical (unpaired) electrons. The highest BCUT2D eigenvalue weighted by Crippen LogP contribution is 2.32. The molecule has 1 aromatic rings. The Bertz CT molecular complexity index is 469. The molecule has 0 aliphatic heterocycles. The van der Waals surface area contributed by atoms with Gasteiger partial charge in [-0.2, -0.15) is 13.2 Å². The summed E-state index contributed by atoms with van der Waals surface area (Å²) in [7, 11) is 0. The zero-order valence-corrected chi connectivity index (χ0v) is 9.99. The van der Waals surface area contributed by atoms with Crippen molar-refractivity contribution in [3.05, 3.63) is 29.3 Å². The lowest BCUT2D eigenvalue weighted by Crippen LogP contribution is -2.15. The van der Waals surface area contributed by atoms with Gasteiger partial charge in [-0.15, -0.1) is 0 Å². The van der Waals surface area contributed by atoms with Crippen LogP contribution in [0.2, 0.25) is 0 Å². The van der Waals surface area contributed by atoms with Crippen molar-refractivity contribution in [2.75, 3.05) is 13.2 Å². The second-order valence-electron chi connectivity index (χ2n) is 3.46. The minimum absolute atomic E-state index is 0.0719. The molecule has 0 bridgehead atoms. The largest absolute Gasteiger partial charge is 0.481 e. The number of ether oxygens (including phenoxy) is 2. The average Bonchev–Trinajstić information content (AvgIpc) is 2.35. The van der Waals surface area contributed by atoms with Gasteiger partial charge in [0.25, 0.3) is 0 Å². The molecule has 0 saturated heterocycles. The highest BCUT2D eigenvalue weighted by molar-refractivity contribution is 5.80. The van der Waals surface area contributed by atoms with Gasteiger partial charge in [-0.25, -0.2) is 4.79 Å². The summed E-state index contributed by atoms with van der Waals surface area (Å²) in [5.74, 6) is -1.03. The Labute approximate surface area is 107 Å². The number of carbonyl (C=O) groups is 2. The Hall–Kier alpha value is -2.05. The molecule has 104 valence electrons. The van der Waals surface area contributed by atoms with Crippen molar-refractivity contribution in [1.29, 1.82) is 0 Å². The molecule has 7 heteroatoms. The lowest BCUT2D eigenvalue weighted by Gasteiger charge is -2.11. The van der Waals surface area contributed by atoms with E-state index >= 15 is 0 Å². The molecular formula is C12H11F3O4. The van der Waals surface area contributed by atoms with E-state index < -0.39 is 24.3 Å². The first-order valence-electron chi connectivity index (χ1n) is 5.33. The Morgan fingerprint density at radius 2 is 2.05 bits per heavy atom. The standard InChI is InChI=1S/C12H11F3O4/c1-2-18-11(17)7-19-10-5-9(12(13,14)15)4-3-8(10)6-16/h3-6H,2,7H2,1H3. The number of aldehydes is 1. The van der Waals surface area contributed by atoms with Crippen LogP contribution >= 0.6 is 0 Å². The number of benzene rings is 1. The van der Waals surface area contributed by atoms with Gasteiger partial charge in [0.1, 0.15) is 5.75 Å². The van der Waals surface area contributed by atoms with E-state index in [1.807, 2.05) is 0 Å². The van der Waals surface area contributed by atoms with Crippen molar-refractivity contribution in [3.63, 3.8) is 0 Å². The monoisotopic (exact) mass is 276 g/mol. The molecule has 0 aliphatic carbocycles. The lowest BCUT2D eigenvalue weighted by atomic mass is 10.1. The second-order valence-corrected chi connectivity index (χ2v) is 3.46. The van der Waals surface area contributed by atoms with Crippen molar-refractivity contribution >= 4 is 12.3 Å². The number of hydrogen-bond acceptors (Lipinski definition) is 4. The van der Waals surface area contributed by atoms with Gasteiger partial charge in [-0.1, -0.05) is 0 Å². The van der Waals surface area contributed by atoms with Crippen LogP contribution in [0.4, 0.5) is 13.2 Å². The summed E-state index contributed by atoms with van der Waals surface area (Å²) < 4.78 is 46.9. The van der Waals surface area contributed by atoms with Crippen molar-refractivity contribution in [1.82, 2.24) is 0 Å². The summed E-state index contributed by atoms with van der Waals surface area (Å²) >= 11 is 0. The Balaban J connectivity index is 2.91. The maximum atomic E-state index is 12.5. The molecule has 0 fully saturated rings. The van der Waals surface area contributed by atoms with Gasteiger partial charge in [-0.05, 0) is 25.1 Å². The number of alkyl halides is 3. The highest BCUT2D eigenvalue weighted by Gasteiger charge is 2.31. The van der Waals surface area contributed by atoms with Gasteiger partial charge in [0.05, 0.1) is 17.7 Å². The minimum Gasteiger partial charge on any atom is -0.481 e. The zero-order valence-electron chi connectivity index (χ0n) is 9.99. The third kappa shape index (κ3) is 4.27. The van der Waals surface area contributed by atoms with E-state index in [4.69, 9.17) is 4.74 Å². The molecule has 0 heterocycles. The van der Waals surface area contributed by atoms with Gasteiger partial charge < -0.3 is 9.47 Å². The van der Waals surface area contributed by atoms with E-state index in [0.717, 1.165) is 12.1 Å². The van der Waals surface area contributed by atoms with Crippen molar-refractivity contribution in [2.24, 2.45) is 0 Å². The zero-order chi connectivity index (χ0) is 14.5. The molecule has 0 spiro atoms. The number of carbonyl (C=O) groups excluding carboxylic acids is 2. The van der Waals surface area contributed by atoms with Crippen molar-refractivity contribution < 1.29 is 32.2 Å². The van der Waals surface area contributed by atoms with Gasteiger partial charge in [0.15, 0.2) is 12.9 Å². The van der Waals surface area contributed by atoms with Crippen LogP contribution in [0.3, 0.4) is 0 Å². The van der Waals surface area contributed by atoms with Crippen LogP contribution in [0.25, 0.3) is 0 Å². The fourth-order valence-electron chi connectivity index (χ4n) is 1.27. The summed E-state index contributed by atoms with van der Waals surface area (Å²) in [5, 5.41) is 0. The smallest absolute Gasteiger partial charge is 0.416 e. The van der Waals surface area contributed by atoms with Gasteiger partial charge >= 0.3 is 12.1 Å². The Morgan fingerprint density at radius 3 is 2.58 bits per heavy atom. The Morgan fingerprint density at radius 1 is 1.37 bits per heavy atom. The van der Waals surface area contributed by atoms with Crippen LogP contribution in [0.15, 0.2) is 18.2 Å². The highest BCUT2D eigenvalue weighted by atomic mass is 19.4. The molecule has 1 rings (SSSR count). The van der Waals surface area contributed by atoms with Crippen LogP contribution in [0.5, 0.6) is 5.75 Å². The van der Waals surface area contributed by atoms with E-state index in [2.05, 4.69) is 4.74 Å². The first kappa shape index (κ1) is 15.0. The predicted octanol–water partition coefficient (Wildman–Crippen LogP) is 2.46. The molecule has 1 aromatic carbocycles. The van der Waals surface area contributed by atoms with Crippen molar-refractivity contribution in [2.45, 2.75) is 13.1 Å². The third-order valence-corrected chi connectivity index (χ3v) is 2.12. The molecule has 0 aliphatic rings. The number of esters is 1. The van der Waals surface area contributed by atoms with Gasteiger partial charge in [-0.3, -0.25) is 4.79 Å². The van der Waals surface area contributed by atoms with Gasteiger partial charge in [0, 0.05) is 0 Å². The molecule has 0 aromatic heterocycles. The van der Waals surface area contributed by atoms with E-state index in [1.165, 1.54) is 0 Å². The van der Waals surface area contributed by atoms with Crippen LogP contribution in [-0.2, 0) is 15.7 Å².